The van der Waals surface area contributed by atoms with Crippen molar-refractivity contribution < 1.29 is 31.5 Å². The van der Waals surface area contributed by atoms with Gasteiger partial charge in [-0.05, 0) is 54.1 Å². The lowest BCUT2D eigenvalue weighted by molar-refractivity contribution is -0.137. The van der Waals surface area contributed by atoms with Gasteiger partial charge in [-0.3, -0.25) is 9.59 Å². The van der Waals surface area contributed by atoms with Crippen LogP contribution in [0.4, 0.5) is 27.6 Å². The van der Waals surface area contributed by atoms with Crippen molar-refractivity contribution >= 4 is 34.7 Å². The molecule has 2 N–H and O–H groups in total. The minimum absolute atomic E-state index is 0.0101. The number of hydrogen-bond acceptors (Lipinski definition) is 5. The molecule has 1 atom stereocenters. The third-order valence-electron chi connectivity index (χ3n) is 6.84. The van der Waals surface area contributed by atoms with E-state index in [2.05, 4.69) is 20.7 Å². The molecule has 0 fully saturated rings. The molecule has 0 aliphatic carbocycles. The van der Waals surface area contributed by atoms with Gasteiger partial charge in [-0.2, -0.15) is 23.5 Å². The smallest absolute Gasteiger partial charge is 0.341 e. The van der Waals surface area contributed by atoms with Crippen LogP contribution in [-0.2, 0) is 6.18 Å². The second-order valence-corrected chi connectivity index (χ2v) is 9.92. The van der Waals surface area contributed by atoms with Gasteiger partial charge in [0, 0.05) is 50.8 Å². The molecule has 43 heavy (non-hydrogen) atoms. The summed E-state index contributed by atoms with van der Waals surface area (Å²) in [6.45, 7) is 0. The number of halogens is 6. The second-order valence-electron chi connectivity index (χ2n) is 9.51. The predicted molar refractivity (Wildman–Crippen MR) is 143 cm³/mol. The third kappa shape index (κ3) is 5.02. The number of nitriles is 1. The molecule has 3 aromatic carbocycles. The zero-order valence-electron chi connectivity index (χ0n) is 21.3. The SMILES string of the molecule is N#Cc1cc2ncnn2cc1-c1cc(NC(=O)c2cc(F)cc(C(F)(F)F)c2)c2c(c1)C(=O)N[C@@H]2c1cc(F)ccc1Cl. The van der Waals surface area contributed by atoms with Crippen LogP contribution in [0.1, 0.15) is 49.0 Å². The Balaban J connectivity index is 1.55. The second kappa shape index (κ2) is 10.2. The highest BCUT2D eigenvalue weighted by atomic mass is 35.5. The molecule has 3 heterocycles. The highest BCUT2D eigenvalue weighted by Gasteiger charge is 2.36. The van der Waals surface area contributed by atoms with Gasteiger partial charge < -0.3 is 10.6 Å². The van der Waals surface area contributed by atoms with Crippen LogP contribution in [0.5, 0.6) is 0 Å². The van der Waals surface area contributed by atoms with Gasteiger partial charge in [-0.1, -0.05) is 11.6 Å². The maximum absolute atomic E-state index is 14.2. The van der Waals surface area contributed by atoms with Gasteiger partial charge in [0.25, 0.3) is 11.8 Å². The first-order valence-corrected chi connectivity index (χ1v) is 12.7. The Morgan fingerprint density at radius 2 is 1.84 bits per heavy atom. The van der Waals surface area contributed by atoms with Crippen molar-refractivity contribution in [3.05, 3.63) is 117 Å². The Kier molecular flexibility index (Phi) is 6.58. The van der Waals surface area contributed by atoms with Crippen molar-refractivity contribution in [2.75, 3.05) is 5.32 Å². The molecule has 0 saturated carbocycles. The van der Waals surface area contributed by atoms with Crippen molar-refractivity contribution in [2.45, 2.75) is 12.2 Å². The minimum Gasteiger partial charge on any atom is -0.341 e. The summed E-state index contributed by atoms with van der Waals surface area (Å²) in [6.07, 6.45) is -2.19. The summed E-state index contributed by atoms with van der Waals surface area (Å²) in [5.41, 5.74) is -0.795. The predicted octanol–water partition coefficient (Wildman–Crippen LogP) is 6.30. The molecule has 0 radical (unpaired) electrons. The largest absolute Gasteiger partial charge is 0.416 e. The molecule has 1 aliphatic heterocycles. The van der Waals surface area contributed by atoms with E-state index < -0.39 is 46.8 Å². The Labute approximate surface area is 243 Å². The standard InChI is InChI=1S/C29H14ClF5N6O2/c30-22-2-1-17(31)9-19(22)26-25-20(28(43)40-26)5-13(21-11-41-24(37-12-38-41)7-15(21)10-36)6-23(25)39-27(42)14-3-16(29(33,34)35)8-18(32)4-14/h1-9,11-12,26H,(H,39,42)(H,40,43)/t26-/m1/s1. The van der Waals surface area contributed by atoms with Crippen molar-refractivity contribution in [1.82, 2.24) is 19.9 Å². The number of hydrogen-bond donors (Lipinski definition) is 2. The molecule has 0 bridgehead atoms. The van der Waals surface area contributed by atoms with E-state index in [9.17, 15) is 36.8 Å². The molecule has 14 heteroatoms. The number of benzene rings is 3. The monoisotopic (exact) mass is 608 g/mol. The lowest BCUT2D eigenvalue weighted by Gasteiger charge is -2.19. The fourth-order valence-electron chi connectivity index (χ4n) is 4.92. The summed E-state index contributed by atoms with van der Waals surface area (Å²) in [7, 11) is 0. The fourth-order valence-corrected chi connectivity index (χ4v) is 5.15. The molecular formula is C29H14ClF5N6O2. The molecule has 0 unspecified atom stereocenters. The van der Waals surface area contributed by atoms with Crippen LogP contribution >= 0.6 is 11.6 Å². The topological polar surface area (TPSA) is 112 Å². The number of carbonyl (C=O) groups is 2. The van der Waals surface area contributed by atoms with Gasteiger partial charge in [0.2, 0.25) is 0 Å². The molecule has 0 spiro atoms. The Bertz CT molecular complexity index is 2030. The molecule has 2 amide bonds. The number of carbonyl (C=O) groups excluding carboxylic acids is 2. The first-order valence-electron chi connectivity index (χ1n) is 12.3. The van der Waals surface area contributed by atoms with Crippen LogP contribution in [0, 0.1) is 23.0 Å². The number of anilines is 1. The summed E-state index contributed by atoms with van der Waals surface area (Å²) in [5.74, 6) is -3.72. The van der Waals surface area contributed by atoms with Crippen LogP contribution in [0.3, 0.4) is 0 Å². The van der Waals surface area contributed by atoms with Gasteiger partial charge in [0.15, 0.2) is 5.65 Å². The van der Waals surface area contributed by atoms with Gasteiger partial charge >= 0.3 is 6.18 Å². The lowest BCUT2D eigenvalue weighted by Crippen LogP contribution is -2.21. The number of aromatic nitrogens is 3. The zero-order chi connectivity index (χ0) is 30.6. The number of amides is 2. The maximum Gasteiger partial charge on any atom is 0.416 e. The summed E-state index contributed by atoms with van der Waals surface area (Å²) < 4.78 is 69.8. The Morgan fingerprint density at radius 3 is 2.58 bits per heavy atom. The van der Waals surface area contributed by atoms with Gasteiger partial charge in [-0.15, -0.1) is 0 Å². The molecule has 6 rings (SSSR count). The summed E-state index contributed by atoms with van der Waals surface area (Å²) >= 11 is 6.33. The first-order chi connectivity index (χ1) is 20.4. The molecule has 0 saturated heterocycles. The van der Waals surface area contributed by atoms with Crippen molar-refractivity contribution in [1.29, 1.82) is 5.26 Å². The maximum atomic E-state index is 14.2. The molecule has 1 aliphatic rings. The van der Waals surface area contributed by atoms with E-state index in [1.807, 2.05) is 6.07 Å². The van der Waals surface area contributed by atoms with E-state index in [1.165, 1.54) is 41.3 Å². The molecule has 2 aromatic heterocycles. The number of nitrogens with one attached hydrogen (secondary N) is 2. The van der Waals surface area contributed by atoms with E-state index in [4.69, 9.17) is 11.6 Å². The molecule has 5 aromatic rings. The van der Waals surface area contributed by atoms with Crippen molar-refractivity contribution in [3.63, 3.8) is 0 Å². The van der Waals surface area contributed by atoms with E-state index in [0.717, 1.165) is 12.1 Å². The highest BCUT2D eigenvalue weighted by Crippen LogP contribution is 2.42. The molecule has 214 valence electrons. The number of fused-ring (bicyclic) bond motifs is 2. The summed E-state index contributed by atoms with van der Waals surface area (Å²) in [5, 5.41) is 19.1. The van der Waals surface area contributed by atoms with E-state index in [0.29, 0.717) is 17.8 Å². The Hall–Kier alpha value is -5.35. The zero-order valence-corrected chi connectivity index (χ0v) is 22.1. The van der Waals surface area contributed by atoms with Crippen LogP contribution in [0.2, 0.25) is 5.02 Å². The van der Waals surface area contributed by atoms with Gasteiger partial charge in [-0.25, -0.2) is 18.3 Å². The van der Waals surface area contributed by atoms with Crippen molar-refractivity contribution in [2.24, 2.45) is 0 Å². The molecular weight excluding hydrogens is 595 g/mol. The van der Waals surface area contributed by atoms with Crippen LogP contribution < -0.4 is 10.6 Å². The third-order valence-corrected chi connectivity index (χ3v) is 7.18. The normalized spacial score (nSPS) is 14.3. The summed E-state index contributed by atoms with van der Waals surface area (Å²) in [6, 6.07) is 10.1. The van der Waals surface area contributed by atoms with E-state index >= 15 is 0 Å². The Morgan fingerprint density at radius 1 is 1.05 bits per heavy atom. The van der Waals surface area contributed by atoms with E-state index in [-0.39, 0.29) is 50.2 Å². The number of nitrogens with zero attached hydrogens (tertiary/aromatic N) is 4. The lowest BCUT2D eigenvalue weighted by atomic mass is 9.92. The van der Waals surface area contributed by atoms with Crippen LogP contribution in [0.15, 0.2) is 67.1 Å². The number of pyridine rings is 1. The number of alkyl halides is 3. The van der Waals surface area contributed by atoms with Gasteiger partial charge in [0.05, 0.1) is 23.2 Å². The first kappa shape index (κ1) is 27.8. The average Bonchev–Trinajstić information content (AvgIpc) is 3.56. The van der Waals surface area contributed by atoms with E-state index in [1.54, 1.807) is 0 Å². The number of rotatable bonds is 4. The van der Waals surface area contributed by atoms with Crippen LogP contribution in [-0.4, -0.2) is 26.4 Å². The quantitative estimate of drug-likeness (QED) is 0.233. The summed E-state index contributed by atoms with van der Waals surface area (Å²) in [4.78, 5) is 30.6. The van der Waals surface area contributed by atoms with Crippen LogP contribution in [0.25, 0.3) is 16.8 Å². The fraction of sp³-hybridized carbons (Fsp3) is 0.0690. The minimum atomic E-state index is -4.93. The van der Waals surface area contributed by atoms with Gasteiger partial charge in [0.1, 0.15) is 18.0 Å². The van der Waals surface area contributed by atoms with Crippen molar-refractivity contribution in [3.8, 4) is 17.2 Å². The highest BCUT2D eigenvalue weighted by molar-refractivity contribution is 6.31. The average molecular weight is 609 g/mol. The molecule has 8 nitrogen and oxygen atoms in total.